The molecule has 2 aliphatic heterocycles. The van der Waals surface area contributed by atoms with Crippen molar-refractivity contribution in [3.05, 3.63) is 29.8 Å². The fourth-order valence-corrected chi connectivity index (χ4v) is 2.83. The Morgan fingerprint density at radius 1 is 1.25 bits per heavy atom. The Morgan fingerprint density at radius 2 is 2.19 bits per heavy atom. The molecule has 1 N–H and O–H groups in total. The van der Waals surface area contributed by atoms with Gasteiger partial charge in [-0.2, -0.15) is 0 Å². The summed E-state index contributed by atoms with van der Waals surface area (Å²) < 4.78 is 5.97. The molecule has 2 aliphatic rings. The Kier molecular flexibility index (Phi) is 2.83. The predicted molar refractivity (Wildman–Crippen MR) is 64.8 cm³/mol. The first-order valence-corrected chi connectivity index (χ1v) is 6.40. The van der Waals surface area contributed by atoms with Gasteiger partial charge in [-0.05, 0) is 37.4 Å². The van der Waals surface area contributed by atoms with Crippen LogP contribution in [0.2, 0.25) is 0 Å². The van der Waals surface area contributed by atoms with Gasteiger partial charge in [-0.3, -0.25) is 0 Å². The number of benzene rings is 1. The summed E-state index contributed by atoms with van der Waals surface area (Å²) in [6, 6.07) is 9.10. The third kappa shape index (κ3) is 2.07. The standard InChI is InChI=1S/C14H19NO/c1-2-7-14-11(5-1)9-13(16-14)10-12-6-3-4-8-15-12/h1-2,5,7,12-13,15H,3-4,6,8-10H2. The Balaban J connectivity index is 1.59. The highest BCUT2D eigenvalue weighted by Crippen LogP contribution is 2.30. The lowest BCUT2D eigenvalue weighted by Crippen LogP contribution is -2.37. The van der Waals surface area contributed by atoms with E-state index in [0.29, 0.717) is 12.1 Å². The van der Waals surface area contributed by atoms with Crippen LogP contribution in [0.4, 0.5) is 0 Å². The first-order valence-electron chi connectivity index (χ1n) is 6.40. The van der Waals surface area contributed by atoms with Gasteiger partial charge in [-0.1, -0.05) is 24.6 Å². The van der Waals surface area contributed by atoms with E-state index in [-0.39, 0.29) is 0 Å². The summed E-state index contributed by atoms with van der Waals surface area (Å²) in [4.78, 5) is 0. The highest BCUT2D eigenvalue weighted by Gasteiger charge is 2.25. The van der Waals surface area contributed by atoms with E-state index in [1.165, 1.54) is 31.4 Å². The molecule has 2 heteroatoms. The maximum absolute atomic E-state index is 5.97. The molecule has 0 bridgehead atoms. The van der Waals surface area contributed by atoms with Crippen LogP contribution in [0.1, 0.15) is 31.2 Å². The van der Waals surface area contributed by atoms with Crippen molar-refractivity contribution in [2.45, 2.75) is 44.2 Å². The molecule has 3 rings (SSSR count). The minimum absolute atomic E-state index is 0.396. The van der Waals surface area contributed by atoms with E-state index >= 15 is 0 Å². The van der Waals surface area contributed by atoms with Crippen molar-refractivity contribution >= 4 is 0 Å². The molecular formula is C14H19NO. The zero-order chi connectivity index (χ0) is 10.8. The van der Waals surface area contributed by atoms with E-state index in [0.717, 1.165) is 18.6 Å². The van der Waals surface area contributed by atoms with Crippen molar-refractivity contribution in [2.24, 2.45) is 0 Å². The molecule has 86 valence electrons. The van der Waals surface area contributed by atoms with Gasteiger partial charge in [0, 0.05) is 12.5 Å². The molecule has 2 unspecified atom stereocenters. The zero-order valence-electron chi connectivity index (χ0n) is 9.61. The van der Waals surface area contributed by atoms with Gasteiger partial charge >= 0.3 is 0 Å². The van der Waals surface area contributed by atoms with Crippen molar-refractivity contribution in [2.75, 3.05) is 6.54 Å². The van der Waals surface area contributed by atoms with Gasteiger partial charge in [0.1, 0.15) is 11.9 Å². The van der Waals surface area contributed by atoms with Crippen LogP contribution in [0.25, 0.3) is 0 Å². The van der Waals surface area contributed by atoms with Gasteiger partial charge in [0.15, 0.2) is 0 Å². The quantitative estimate of drug-likeness (QED) is 0.822. The second kappa shape index (κ2) is 4.46. The molecule has 1 saturated heterocycles. The molecule has 0 radical (unpaired) electrons. The van der Waals surface area contributed by atoms with Crippen LogP contribution in [0, 0.1) is 0 Å². The number of nitrogens with one attached hydrogen (secondary N) is 1. The number of para-hydroxylation sites is 1. The van der Waals surface area contributed by atoms with Gasteiger partial charge in [0.05, 0.1) is 0 Å². The third-order valence-corrected chi connectivity index (χ3v) is 3.67. The monoisotopic (exact) mass is 217 g/mol. The average molecular weight is 217 g/mol. The number of hydrogen-bond acceptors (Lipinski definition) is 2. The summed E-state index contributed by atoms with van der Waals surface area (Å²) >= 11 is 0. The van der Waals surface area contributed by atoms with Crippen LogP contribution in [-0.4, -0.2) is 18.7 Å². The Bertz CT molecular complexity index is 333. The number of ether oxygens (including phenoxy) is 1. The van der Waals surface area contributed by atoms with E-state index in [9.17, 15) is 0 Å². The fourth-order valence-electron chi connectivity index (χ4n) is 2.83. The van der Waals surface area contributed by atoms with E-state index < -0.39 is 0 Å². The average Bonchev–Trinajstić information content (AvgIpc) is 2.72. The first-order chi connectivity index (χ1) is 7.92. The second-order valence-electron chi connectivity index (χ2n) is 4.93. The molecule has 0 spiro atoms. The molecule has 0 aliphatic carbocycles. The van der Waals surface area contributed by atoms with Gasteiger partial charge in [-0.25, -0.2) is 0 Å². The van der Waals surface area contributed by atoms with E-state index in [4.69, 9.17) is 4.74 Å². The molecule has 1 aromatic rings. The van der Waals surface area contributed by atoms with Crippen LogP contribution in [-0.2, 0) is 6.42 Å². The molecule has 0 aromatic heterocycles. The summed E-state index contributed by atoms with van der Waals surface area (Å²) in [5.41, 5.74) is 1.38. The summed E-state index contributed by atoms with van der Waals surface area (Å²) in [5.74, 6) is 1.10. The molecule has 2 atom stereocenters. The van der Waals surface area contributed by atoms with Crippen LogP contribution < -0.4 is 10.1 Å². The topological polar surface area (TPSA) is 21.3 Å². The highest BCUT2D eigenvalue weighted by molar-refractivity contribution is 5.37. The normalized spacial score (nSPS) is 28.5. The number of hydrogen-bond donors (Lipinski definition) is 1. The molecule has 1 fully saturated rings. The van der Waals surface area contributed by atoms with Gasteiger partial charge in [0.2, 0.25) is 0 Å². The van der Waals surface area contributed by atoms with Crippen molar-refractivity contribution < 1.29 is 4.74 Å². The molecule has 0 amide bonds. The molecule has 2 heterocycles. The first kappa shape index (κ1) is 10.2. The van der Waals surface area contributed by atoms with E-state index in [2.05, 4.69) is 29.6 Å². The second-order valence-corrected chi connectivity index (χ2v) is 4.93. The summed E-state index contributed by atoms with van der Waals surface area (Å²) in [6.45, 7) is 1.18. The number of piperidine rings is 1. The van der Waals surface area contributed by atoms with Crippen molar-refractivity contribution in [3.8, 4) is 5.75 Å². The largest absolute Gasteiger partial charge is 0.490 e. The van der Waals surface area contributed by atoms with Gasteiger partial charge < -0.3 is 10.1 Å². The van der Waals surface area contributed by atoms with Crippen molar-refractivity contribution in [1.82, 2.24) is 5.32 Å². The van der Waals surface area contributed by atoms with Crippen LogP contribution >= 0.6 is 0 Å². The maximum atomic E-state index is 5.97. The Labute approximate surface area is 97.0 Å². The molecule has 0 saturated carbocycles. The van der Waals surface area contributed by atoms with E-state index in [1.54, 1.807) is 0 Å². The summed E-state index contributed by atoms with van der Waals surface area (Å²) in [6.07, 6.45) is 6.67. The SMILES string of the molecule is c1ccc2c(c1)CC(CC1CCCCN1)O2. The van der Waals surface area contributed by atoms with Gasteiger partial charge in [-0.15, -0.1) is 0 Å². The van der Waals surface area contributed by atoms with Gasteiger partial charge in [0.25, 0.3) is 0 Å². The Morgan fingerprint density at radius 3 is 3.00 bits per heavy atom. The molecule has 1 aromatic carbocycles. The van der Waals surface area contributed by atoms with Crippen LogP contribution in [0.5, 0.6) is 5.75 Å². The van der Waals surface area contributed by atoms with E-state index in [1.807, 2.05) is 0 Å². The zero-order valence-corrected chi connectivity index (χ0v) is 9.61. The predicted octanol–water partition coefficient (Wildman–Crippen LogP) is 2.52. The highest BCUT2D eigenvalue weighted by atomic mass is 16.5. The summed E-state index contributed by atoms with van der Waals surface area (Å²) in [5, 5.41) is 3.59. The molecule has 2 nitrogen and oxygen atoms in total. The summed E-state index contributed by atoms with van der Waals surface area (Å²) in [7, 11) is 0. The lowest BCUT2D eigenvalue weighted by molar-refractivity contribution is 0.192. The fraction of sp³-hybridized carbons (Fsp3) is 0.571. The lowest BCUT2D eigenvalue weighted by atomic mass is 9.97. The lowest BCUT2D eigenvalue weighted by Gasteiger charge is -2.25. The number of rotatable bonds is 2. The maximum Gasteiger partial charge on any atom is 0.123 e. The third-order valence-electron chi connectivity index (χ3n) is 3.67. The van der Waals surface area contributed by atoms with Crippen molar-refractivity contribution in [3.63, 3.8) is 0 Å². The van der Waals surface area contributed by atoms with Crippen LogP contribution in [0.15, 0.2) is 24.3 Å². The Hall–Kier alpha value is -1.02. The molecule has 16 heavy (non-hydrogen) atoms. The minimum Gasteiger partial charge on any atom is -0.490 e. The smallest absolute Gasteiger partial charge is 0.123 e. The molecular weight excluding hydrogens is 198 g/mol. The number of fused-ring (bicyclic) bond motifs is 1. The van der Waals surface area contributed by atoms with Crippen LogP contribution in [0.3, 0.4) is 0 Å². The minimum atomic E-state index is 0.396. The van der Waals surface area contributed by atoms with Crippen molar-refractivity contribution in [1.29, 1.82) is 0 Å².